The monoisotopic (exact) mass is 1260 g/mol. The molecular weight excluding hydrogens is 1190 g/mol. The standard InChI is InChI=1S/C88H72F4N2O2/c1-9-51-95-71-43-31-63(32-44-71)87(61-27-23-59(24-28-61)85(3,4)5)77-17-13-11-15-73(77)75-47-39-67(53-79(75)87)93(69-41-49-81(89)83(91)55-69)65-35-19-57(20-36-65)58-21-37-66(38-22-58)94(70-42-50-82(90)84(92)56-70)68-40-48-76-74-16-12-14-18-78(74)88(80(76)54-68,62-29-25-60(26-30-62)86(6,7)8)64-33-45-72(46-34-64)96-52-10-2/h9-50,53-56H,1-2,51-52H2,3-8H3. The summed E-state index contributed by atoms with van der Waals surface area (Å²) in [7, 11) is 0. The fourth-order valence-electron chi connectivity index (χ4n) is 14.5. The molecule has 14 rings (SSSR count). The summed E-state index contributed by atoms with van der Waals surface area (Å²) in [6, 6.07) is 88.4. The lowest BCUT2D eigenvalue weighted by Crippen LogP contribution is -2.29. The molecule has 2 aliphatic carbocycles. The van der Waals surface area contributed by atoms with Gasteiger partial charge in [-0.2, -0.15) is 0 Å². The van der Waals surface area contributed by atoms with Crippen molar-refractivity contribution in [1.82, 2.24) is 0 Å². The molecule has 12 aromatic carbocycles. The van der Waals surface area contributed by atoms with Crippen LogP contribution in [0.2, 0.25) is 0 Å². The summed E-state index contributed by atoms with van der Waals surface area (Å²) in [6.07, 6.45) is 3.46. The van der Waals surface area contributed by atoms with E-state index in [-0.39, 0.29) is 10.8 Å². The van der Waals surface area contributed by atoms with Crippen molar-refractivity contribution in [2.45, 2.75) is 63.2 Å². The minimum atomic E-state index is -0.970. The average Bonchev–Trinajstić information content (AvgIpc) is 1.54. The van der Waals surface area contributed by atoms with Crippen LogP contribution in [-0.4, -0.2) is 13.2 Å². The number of nitrogens with zero attached hydrogens (tertiary/aromatic N) is 2. The van der Waals surface area contributed by atoms with Crippen molar-refractivity contribution >= 4 is 34.1 Å². The highest BCUT2D eigenvalue weighted by Gasteiger charge is 2.48. The van der Waals surface area contributed by atoms with E-state index in [0.29, 0.717) is 36.0 Å². The SMILES string of the molecule is C=CCOc1ccc(C2(c3ccc(C(C)(C)C)cc3)c3ccccc3-c3ccc(N(c4ccc(-c5ccc(N(c6ccc(F)c(F)c6)c6ccc7c(c6)C(c6ccc(OCC=C)cc6)(c6ccc(C(C)(C)C)cc6)c6ccccc6-7)cc5)cc4)c4ccc(F)c(F)c4)cc32)cc1. The van der Waals surface area contributed by atoms with Crippen molar-refractivity contribution in [1.29, 1.82) is 0 Å². The van der Waals surface area contributed by atoms with E-state index in [1.54, 1.807) is 24.3 Å². The predicted octanol–water partition coefficient (Wildman–Crippen LogP) is 23.3. The molecule has 0 spiro atoms. The quantitative estimate of drug-likeness (QED) is 0.0670. The molecule has 0 radical (unpaired) electrons. The smallest absolute Gasteiger partial charge is 0.160 e. The molecule has 8 heteroatoms. The Bertz CT molecular complexity index is 4600. The predicted molar refractivity (Wildman–Crippen MR) is 384 cm³/mol. The van der Waals surface area contributed by atoms with Gasteiger partial charge in [-0.3, -0.25) is 0 Å². The van der Waals surface area contributed by atoms with Gasteiger partial charge in [0.2, 0.25) is 0 Å². The van der Waals surface area contributed by atoms with Crippen molar-refractivity contribution in [3.05, 3.63) is 371 Å². The lowest BCUT2D eigenvalue weighted by Gasteiger charge is -2.35. The first-order valence-corrected chi connectivity index (χ1v) is 32.5. The van der Waals surface area contributed by atoms with Crippen molar-refractivity contribution in [3.8, 4) is 44.9 Å². The van der Waals surface area contributed by atoms with Gasteiger partial charge >= 0.3 is 0 Å². The van der Waals surface area contributed by atoms with Gasteiger partial charge in [0.1, 0.15) is 24.7 Å². The van der Waals surface area contributed by atoms with Crippen LogP contribution in [0.5, 0.6) is 11.5 Å². The molecule has 2 atom stereocenters. The van der Waals surface area contributed by atoms with Gasteiger partial charge in [0.05, 0.1) is 10.8 Å². The first-order chi connectivity index (χ1) is 46.4. The van der Waals surface area contributed by atoms with Gasteiger partial charge in [0.25, 0.3) is 0 Å². The third-order valence-corrected chi connectivity index (χ3v) is 19.2. The molecule has 0 bridgehead atoms. The zero-order valence-electron chi connectivity index (χ0n) is 54.6. The second-order valence-corrected chi connectivity index (χ2v) is 26.9. The maximum absolute atomic E-state index is 15.7. The van der Waals surface area contributed by atoms with E-state index in [0.717, 1.165) is 101 Å². The molecule has 0 saturated heterocycles. The van der Waals surface area contributed by atoms with Crippen LogP contribution in [0, 0.1) is 23.3 Å². The molecule has 0 heterocycles. The summed E-state index contributed by atoms with van der Waals surface area (Å²) in [6.45, 7) is 21.7. The Balaban J connectivity index is 0.868. The Morgan fingerprint density at radius 1 is 0.323 bits per heavy atom. The van der Waals surface area contributed by atoms with Gasteiger partial charge in [-0.15, -0.1) is 0 Å². The third kappa shape index (κ3) is 10.8. The van der Waals surface area contributed by atoms with E-state index < -0.39 is 34.1 Å². The first-order valence-electron chi connectivity index (χ1n) is 32.5. The summed E-state index contributed by atoms with van der Waals surface area (Å²) in [5.41, 5.74) is 19.0. The fourth-order valence-corrected chi connectivity index (χ4v) is 14.5. The maximum Gasteiger partial charge on any atom is 0.160 e. The highest BCUT2D eigenvalue weighted by Crippen LogP contribution is 2.60. The Kier molecular flexibility index (Phi) is 16.1. The Hall–Kier alpha value is -11.0. The summed E-state index contributed by atoms with van der Waals surface area (Å²) in [4.78, 5) is 3.94. The zero-order valence-corrected chi connectivity index (χ0v) is 54.6. The van der Waals surface area contributed by atoms with Crippen molar-refractivity contribution in [3.63, 3.8) is 0 Å². The highest BCUT2D eigenvalue weighted by atomic mass is 19.2. The van der Waals surface area contributed by atoms with Gasteiger partial charge < -0.3 is 19.3 Å². The van der Waals surface area contributed by atoms with Gasteiger partial charge in [-0.1, -0.05) is 225 Å². The molecule has 0 aromatic heterocycles. The molecule has 474 valence electrons. The molecule has 0 saturated carbocycles. The molecule has 0 aliphatic heterocycles. The van der Waals surface area contributed by atoms with Crippen LogP contribution in [0.25, 0.3) is 33.4 Å². The molecule has 2 aliphatic rings. The normalized spacial score (nSPS) is 15.2. The van der Waals surface area contributed by atoms with E-state index in [2.05, 4.69) is 212 Å². The second-order valence-electron chi connectivity index (χ2n) is 26.9. The molecule has 2 unspecified atom stereocenters. The van der Waals surface area contributed by atoms with Crippen molar-refractivity contribution in [2.75, 3.05) is 23.0 Å². The second kappa shape index (κ2) is 24.7. The van der Waals surface area contributed by atoms with Gasteiger partial charge in [0, 0.05) is 46.3 Å². The Labute approximate surface area is 560 Å². The number of halogens is 4. The van der Waals surface area contributed by atoms with Gasteiger partial charge in [0.15, 0.2) is 23.3 Å². The van der Waals surface area contributed by atoms with Crippen LogP contribution in [-0.2, 0) is 21.7 Å². The highest BCUT2D eigenvalue weighted by molar-refractivity contribution is 5.92. The fraction of sp³-hybridized carbons (Fsp3) is 0.136. The maximum atomic E-state index is 15.7. The van der Waals surface area contributed by atoms with Crippen molar-refractivity contribution < 1.29 is 27.0 Å². The Morgan fingerprint density at radius 2 is 0.625 bits per heavy atom. The summed E-state index contributed by atoms with van der Waals surface area (Å²) < 4.78 is 73.5. The minimum absolute atomic E-state index is 0.0856. The number of ether oxygens (including phenoxy) is 2. The summed E-state index contributed by atoms with van der Waals surface area (Å²) in [5.74, 6) is -2.39. The van der Waals surface area contributed by atoms with Crippen LogP contribution >= 0.6 is 0 Å². The minimum Gasteiger partial charge on any atom is -0.490 e. The lowest BCUT2D eigenvalue weighted by molar-refractivity contribution is 0.363. The third-order valence-electron chi connectivity index (χ3n) is 19.2. The first kappa shape index (κ1) is 62.5. The van der Waals surface area contributed by atoms with Crippen molar-refractivity contribution in [2.24, 2.45) is 0 Å². The van der Waals surface area contributed by atoms with Crippen LogP contribution in [0.4, 0.5) is 51.7 Å². The van der Waals surface area contributed by atoms with E-state index in [1.165, 1.54) is 35.4 Å². The van der Waals surface area contributed by atoms with E-state index >= 15 is 17.6 Å². The number of anilines is 6. The molecular formula is C88H72F4N2O2. The summed E-state index contributed by atoms with van der Waals surface area (Å²) >= 11 is 0. The molecule has 0 N–H and O–H groups in total. The molecule has 0 amide bonds. The molecule has 4 nitrogen and oxygen atoms in total. The van der Waals surface area contributed by atoms with E-state index in [9.17, 15) is 0 Å². The van der Waals surface area contributed by atoms with Crippen LogP contribution in [0.1, 0.15) is 97.2 Å². The number of hydrogen-bond donors (Lipinski definition) is 0. The average molecular weight is 1270 g/mol. The van der Waals surface area contributed by atoms with Crippen LogP contribution < -0.4 is 19.3 Å². The number of rotatable bonds is 17. The van der Waals surface area contributed by atoms with Gasteiger partial charge in [-0.05, 0) is 197 Å². The Morgan fingerprint density at radius 3 is 0.958 bits per heavy atom. The molecule has 0 fully saturated rings. The van der Waals surface area contributed by atoms with Crippen LogP contribution in [0.3, 0.4) is 0 Å². The van der Waals surface area contributed by atoms with E-state index in [1.807, 2.05) is 82.6 Å². The van der Waals surface area contributed by atoms with E-state index in [4.69, 9.17) is 9.47 Å². The lowest BCUT2D eigenvalue weighted by atomic mass is 9.67. The topological polar surface area (TPSA) is 24.9 Å². The zero-order chi connectivity index (χ0) is 66.7. The number of benzene rings is 12. The largest absolute Gasteiger partial charge is 0.490 e. The summed E-state index contributed by atoms with van der Waals surface area (Å²) in [5, 5.41) is 0. The van der Waals surface area contributed by atoms with Crippen LogP contribution in [0.15, 0.2) is 292 Å². The molecule has 12 aromatic rings. The number of hydrogen-bond acceptors (Lipinski definition) is 4. The van der Waals surface area contributed by atoms with Gasteiger partial charge in [-0.25, -0.2) is 17.6 Å². The number of fused-ring (bicyclic) bond motifs is 6. The molecule has 96 heavy (non-hydrogen) atoms.